The number of halogens is 8. The second-order valence-corrected chi connectivity index (χ2v) is 9.40. The molecule has 0 fully saturated rings. The van der Waals surface area contributed by atoms with Gasteiger partial charge in [-0.05, 0) is 55.9 Å². The summed E-state index contributed by atoms with van der Waals surface area (Å²) in [5.74, 6) is -4.85. The SMILES string of the molecule is CC(O)(CCCCCCSCCCC(F)(F)C(F)(F)F)C(=O)Nc1ccc(C#N)c(C(F)(F)F)c1. The predicted molar refractivity (Wildman–Crippen MR) is 116 cm³/mol. The smallest absolute Gasteiger partial charge is 0.380 e. The molecule has 0 aliphatic rings. The Bertz CT molecular complexity index is 880. The zero-order valence-corrected chi connectivity index (χ0v) is 19.6. The van der Waals surface area contributed by atoms with E-state index < -0.39 is 47.3 Å². The number of nitrogens with zero attached hydrogens (tertiary/aromatic N) is 1. The summed E-state index contributed by atoms with van der Waals surface area (Å²) in [4.78, 5) is 12.3. The Morgan fingerprint density at radius 3 is 2.14 bits per heavy atom. The number of nitrogens with one attached hydrogen (secondary N) is 1. The van der Waals surface area contributed by atoms with Crippen molar-refractivity contribution in [3.05, 3.63) is 29.3 Å². The van der Waals surface area contributed by atoms with E-state index in [1.807, 2.05) is 0 Å². The molecule has 4 nitrogen and oxygen atoms in total. The van der Waals surface area contributed by atoms with Gasteiger partial charge in [0.2, 0.25) is 0 Å². The number of benzene rings is 1. The van der Waals surface area contributed by atoms with E-state index in [4.69, 9.17) is 5.26 Å². The van der Waals surface area contributed by atoms with Crippen LogP contribution in [0.4, 0.5) is 40.8 Å². The molecular formula is C22H26F8N2O2S. The van der Waals surface area contributed by atoms with Crippen molar-refractivity contribution in [2.45, 2.75) is 75.7 Å². The van der Waals surface area contributed by atoms with Gasteiger partial charge in [-0.1, -0.05) is 19.3 Å². The molecule has 0 radical (unpaired) electrons. The quantitative estimate of drug-likeness (QED) is 0.213. The first-order valence-corrected chi connectivity index (χ1v) is 11.8. The maximum Gasteiger partial charge on any atom is 0.453 e. The van der Waals surface area contributed by atoms with Gasteiger partial charge in [0.1, 0.15) is 5.60 Å². The van der Waals surface area contributed by atoms with Crippen LogP contribution in [0.2, 0.25) is 0 Å². The standard InChI is InChI=1S/C22H26F8N2O2S/c1-19(34,18(33)32-16-8-7-15(14-31)17(13-16)21(25,26)27)9-4-2-3-5-11-35-12-6-10-20(23,24)22(28,29)30/h7-8,13,34H,2-6,9-12H2,1H3,(H,32,33). The number of thioether (sulfide) groups is 1. The number of alkyl halides is 8. The topological polar surface area (TPSA) is 73.1 Å². The minimum atomic E-state index is -5.54. The molecule has 0 saturated carbocycles. The molecule has 0 heterocycles. The van der Waals surface area contributed by atoms with Gasteiger partial charge in [-0.2, -0.15) is 52.1 Å². The Balaban J connectivity index is 2.33. The van der Waals surface area contributed by atoms with Crippen LogP contribution in [0.25, 0.3) is 0 Å². The first kappa shape index (κ1) is 31.0. The summed E-state index contributed by atoms with van der Waals surface area (Å²) in [5.41, 5.74) is -3.87. The molecule has 0 saturated heterocycles. The van der Waals surface area contributed by atoms with Gasteiger partial charge in [-0.25, -0.2) is 0 Å². The Morgan fingerprint density at radius 2 is 1.57 bits per heavy atom. The molecule has 13 heteroatoms. The van der Waals surface area contributed by atoms with Crippen LogP contribution in [0, 0.1) is 11.3 Å². The van der Waals surface area contributed by atoms with Crippen LogP contribution in [0.5, 0.6) is 0 Å². The van der Waals surface area contributed by atoms with Crippen molar-refractivity contribution in [1.82, 2.24) is 0 Å². The van der Waals surface area contributed by atoms with Crippen LogP contribution in [-0.4, -0.2) is 40.2 Å². The van der Waals surface area contributed by atoms with Crippen molar-refractivity contribution >= 4 is 23.4 Å². The van der Waals surface area contributed by atoms with E-state index in [1.165, 1.54) is 24.8 Å². The summed E-state index contributed by atoms with van der Waals surface area (Å²) in [6, 6.07) is 4.10. The van der Waals surface area contributed by atoms with Gasteiger partial charge in [0, 0.05) is 12.1 Å². The molecular weight excluding hydrogens is 508 g/mol. The minimum Gasteiger partial charge on any atom is -0.380 e. The number of anilines is 1. The largest absolute Gasteiger partial charge is 0.453 e. The molecule has 2 N–H and O–H groups in total. The van der Waals surface area contributed by atoms with Gasteiger partial charge in [0.05, 0.1) is 17.2 Å². The molecule has 1 atom stereocenters. The first-order chi connectivity index (χ1) is 16.0. The second kappa shape index (κ2) is 12.8. The summed E-state index contributed by atoms with van der Waals surface area (Å²) < 4.78 is 101. The third kappa shape index (κ3) is 10.2. The van der Waals surface area contributed by atoms with E-state index >= 15 is 0 Å². The van der Waals surface area contributed by atoms with Gasteiger partial charge >= 0.3 is 18.3 Å². The van der Waals surface area contributed by atoms with Crippen molar-refractivity contribution in [3.8, 4) is 6.07 Å². The minimum absolute atomic E-state index is 0.0287. The fourth-order valence-corrected chi connectivity index (χ4v) is 3.96. The molecule has 1 aromatic rings. The van der Waals surface area contributed by atoms with E-state index in [-0.39, 0.29) is 24.3 Å². The number of rotatable bonds is 13. The highest BCUT2D eigenvalue weighted by Gasteiger charge is 2.56. The fraction of sp³-hybridized carbons (Fsp3) is 0.636. The highest BCUT2D eigenvalue weighted by Crippen LogP contribution is 2.39. The average molecular weight is 535 g/mol. The van der Waals surface area contributed by atoms with Gasteiger partial charge in [-0.15, -0.1) is 0 Å². The number of nitriles is 1. The highest BCUT2D eigenvalue weighted by molar-refractivity contribution is 7.99. The molecule has 0 aliphatic carbocycles. The van der Waals surface area contributed by atoms with Crippen molar-refractivity contribution < 1.29 is 45.0 Å². The molecule has 1 amide bonds. The predicted octanol–water partition coefficient (Wildman–Crippen LogP) is 6.93. The summed E-state index contributed by atoms with van der Waals surface area (Å²) in [6.45, 7) is 1.23. The number of hydrogen-bond acceptors (Lipinski definition) is 4. The number of hydrogen-bond donors (Lipinski definition) is 2. The number of aliphatic hydroxyl groups is 1. The lowest BCUT2D eigenvalue weighted by molar-refractivity contribution is -0.284. The van der Waals surface area contributed by atoms with Crippen LogP contribution < -0.4 is 5.32 Å². The molecule has 1 aromatic carbocycles. The van der Waals surface area contributed by atoms with Crippen molar-refractivity contribution in [3.63, 3.8) is 0 Å². The zero-order chi connectivity index (χ0) is 26.9. The maximum atomic E-state index is 13.0. The number of amides is 1. The van der Waals surface area contributed by atoms with E-state index in [9.17, 15) is 45.0 Å². The second-order valence-electron chi connectivity index (χ2n) is 8.18. The van der Waals surface area contributed by atoms with Crippen LogP contribution >= 0.6 is 11.8 Å². The molecule has 1 rings (SSSR count). The molecule has 198 valence electrons. The lowest BCUT2D eigenvalue weighted by Gasteiger charge is -2.22. The van der Waals surface area contributed by atoms with Gasteiger partial charge in [-0.3, -0.25) is 4.79 Å². The van der Waals surface area contributed by atoms with Crippen LogP contribution in [-0.2, 0) is 11.0 Å². The lowest BCUT2D eigenvalue weighted by atomic mass is 9.96. The molecule has 0 bridgehead atoms. The monoisotopic (exact) mass is 534 g/mol. The zero-order valence-electron chi connectivity index (χ0n) is 18.8. The normalized spacial score (nSPS) is 14.3. The van der Waals surface area contributed by atoms with Crippen molar-refractivity contribution in [2.24, 2.45) is 0 Å². The Hall–Kier alpha value is -2.07. The van der Waals surface area contributed by atoms with Gasteiger partial charge < -0.3 is 10.4 Å². The summed E-state index contributed by atoms with van der Waals surface area (Å²) >= 11 is 1.27. The third-order valence-electron chi connectivity index (χ3n) is 5.09. The molecule has 35 heavy (non-hydrogen) atoms. The average Bonchev–Trinajstić information content (AvgIpc) is 2.73. The van der Waals surface area contributed by atoms with E-state index in [2.05, 4.69) is 5.32 Å². The van der Waals surface area contributed by atoms with Crippen LogP contribution in [0.15, 0.2) is 18.2 Å². The summed E-state index contributed by atoms with van der Waals surface area (Å²) in [7, 11) is 0. The van der Waals surface area contributed by atoms with Gasteiger partial charge in [0.25, 0.3) is 5.91 Å². The first-order valence-electron chi connectivity index (χ1n) is 10.7. The van der Waals surface area contributed by atoms with E-state index in [0.29, 0.717) is 37.5 Å². The number of unbranched alkanes of at least 4 members (excludes halogenated alkanes) is 3. The Morgan fingerprint density at radius 1 is 0.971 bits per heavy atom. The lowest BCUT2D eigenvalue weighted by Crippen LogP contribution is -2.40. The summed E-state index contributed by atoms with van der Waals surface area (Å²) in [5, 5.41) is 21.4. The van der Waals surface area contributed by atoms with Gasteiger partial charge in [0.15, 0.2) is 0 Å². The van der Waals surface area contributed by atoms with E-state index in [0.717, 1.165) is 12.1 Å². The van der Waals surface area contributed by atoms with E-state index in [1.54, 1.807) is 0 Å². The van der Waals surface area contributed by atoms with Crippen LogP contribution in [0.3, 0.4) is 0 Å². The fourth-order valence-electron chi connectivity index (χ4n) is 3.00. The third-order valence-corrected chi connectivity index (χ3v) is 6.24. The highest BCUT2D eigenvalue weighted by atomic mass is 32.2. The molecule has 0 aromatic heterocycles. The Kier molecular flexibility index (Phi) is 11.3. The van der Waals surface area contributed by atoms with Crippen LogP contribution in [0.1, 0.15) is 63.0 Å². The summed E-state index contributed by atoms with van der Waals surface area (Å²) in [6.07, 6.45) is -9.45. The Labute approximate surface area is 202 Å². The number of carbonyl (C=O) groups is 1. The van der Waals surface area contributed by atoms with Crippen molar-refractivity contribution in [1.29, 1.82) is 5.26 Å². The molecule has 1 unspecified atom stereocenters. The molecule has 0 spiro atoms. The molecule has 0 aliphatic heterocycles. The number of carbonyl (C=O) groups excluding carboxylic acids is 1. The maximum absolute atomic E-state index is 13.0. The van der Waals surface area contributed by atoms with Crippen molar-refractivity contribution in [2.75, 3.05) is 16.8 Å².